The Kier molecular flexibility index (Phi) is 4.58. The van der Waals surface area contributed by atoms with Crippen LogP contribution in [0.2, 0.25) is 5.02 Å². The summed E-state index contributed by atoms with van der Waals surface area (Å²) in [7, 11) is 1.88. The van der Waals surface area contributed by atoms with Crippen molar-refractivity contribution in [1.29, 1.82) is 0 Å². The number of carbonyl (C=O) groups is 1. The molecular formula is C13H17ClN2O2. The second-order valence-corrected chi connectivity index (χ2v) is 4.75. The molecule has 1 amide bonds. The molecule has 1 heterocycles. The summed E-state index contributed by atoms with van der Waals surface area (Å²) >= 11 is 5.90. The summed E-state index contributed by atoms with van der Waals surface area (Å²) in [5, 5.41) is 3.65. The average Bonchev–Trinajstić information content (AvgIpc) is 2.39. The van der Waals surface area contributed by atoms with Crippen LogP contribution in [0.1, 0.15) is 10.4 Å². The Labute approximate surface area is 112 Å². The Bertz CT molecular complexity index is 423. The lowest BCUT2D eigenvalue weighted by molar-refractivity contribution is -0.0196. The van der Waals surface area contributed by atoms with Gasteiger partial charge in [0.1, 0.15) is 0 Å². The highest BCUT2D eigenvalue weighted by atomic mass is 35.5. The Balaban J connectivity index is 2.04. The molecule has 1 atom stereocenters. The molecule has 4 nitrogen and oxygen atoms in total. The number of hydrogen-bond acceptors (Lipinski definition) is 3. The fourth-order valence-electron chi connectivity index (χ4n) is 2.06. The van der Waals surface area contributed by atoms with Gasteiger partial charge in [-0.25, -0.2) is 0 Å². The van der Waals surface area contributed by atoms with Crippen LogP contribution in [0.3, 0.4) is 0 Å². The number of halogens is 1. The van der Waals surface area contributed by atoms with E-state index in [1.807, 2.05) is 11.9 Å². The Morgan fingerprint density at radius 3 is 3.17 bits per heavy atom. The first kappa shape index (κ1) is 13.3. The van der Waals surface area contributed by atoms with Crippen molar-refractivity contribution in [3.05, 3.63) is 34.9 Å². The number of amides is 1. The fourth-order valence-corrected chi connectivity index (χ4v) is 2.25. The van der Waals surface area contributed by atoms with Crippen LogP contribution in [0.25, 0.3) is 0 Å². The lowest BCUT2D eigenvalue weighted by atomic mass is 10.1. The maximum absolute atomic E-state index is 12.3. The topological polar surface area (TPSA) is 41.6 Å². The quantitative estimate of drug-likeness (QED) is 0.901. The van der Waals surface area contributed by atoms with Crippen LogP contribution in [0.15, 0.2) is 24.3 Å². The van der Waals surface area contributed by atoms with Gasteiger partial charge in [0, 0.05) is 30.2 Å². The van der Waals surface area contributed by atoms with E-state index < -0.39 is 0 Å². The van der Waals surface area contributed by atoms with E-state index in [0.29, 0.717) is 30.3 Å². The molecule has 0 saturated carbocycles. The standard InChI is InChI=1S/C13H17ClN2O2/c1-15-8-12-9-16(5-6-18-12)13(17)10-3-2-4-11(14)7-10/h2-4,7,12,15H,5-6,8-9H2,1H3. The van der Waals surface area contributed by atoms with Crippen molar-refractivity contribution >= 4 is 17.5 Å². The van der Waals surface area contributed by atoms with Gasteiger partial charge in [-0.1, -0.05) is 17.7 Å². The Morgan fingerprint density at radius 2 is 2.44 bits per heavy atom. The van der Waals surface area contributed by atoms with Crippen molar-refractivity contribution in [2.75, 3.05) is 33.3 Å². The van der Waals surface area contributed by atoms with Gasteiger partial charge >= 0.3 is 0 Å². The second-order valence-electron chi connectivity index (χ2n) is 4.31. The minimum absolute atomic E-state index is 0.0157. The molecule has 0 radical (unpaired) electrons. The summed E-state index contributed by atoms with van der Waals surface area (Å²) in [6.45, 7) is 2.58. The van der Waals surface area contributed by atoms with E-state index in [1.165, 1.54) is 0 Å². The summed E-state index contributed by atoms with van der Waals surface area (Å²) in [6, 6.07) is 7.05. The third-order valence-electron chi connectivity index (χ3n) is 2.93. The molecule has 1 aromatic carbocycles. The van der Waals surface area contributed by atoms with E-state index in [0.717, 1.165) is 6.54 Å². The molecule has 0 aromatic heterocycles. The number of likely N-dealkylation sites (N-methyl/N-ethyl adjacent to an activating group) is 1. The minimum atomic E-state index is 0.0157. The van der Waals surface area contributed by atoms with Crippen LogP contribution in [-0.4, -0.2) is 50.2 Å². The molecule has 5 heteroatoms. The number of carbonyl (C=O) groups excluding carboxylic acids is 1. The largest absolute Gasteiger partial charge is 0.373 e. The van der Waals surface area contributed by atoms with Gasteiger partial charge in [0.2, 0.25) is 0 Å². The molecule has 1 aromatic rings. The monoisotopic (exact) mass is 268 g/mol. The smallest absolute Gasteiger partial charge is 0.254 e. The highest BCUT2D eigenvalue weighted by Crippen LogP contribution is 2.14. The third-order valence-corrected chi connectivity index (χ3v) is 3.16. The van der Waals surface area contributed by atoms with E-state index in [-0.39, 0.29) is 12.0 Å². The molecule has 1 N–H and O–H groups in total. The highest BCUT2D eigenvalue weighted by molar-refractivity contribution is 6.30. The molecule has 1 aliphatic heterocycles. The fraction of sp³-hybridized carbons (Fsp3) is 0.462. The van der Waals surface area contributed by atoms with Crippen molar-refractivity contribution in [3.8, 4) is 0 Å². The first-order chi connectivity index (χ1) is 8.70. The molecule has 98 valence electrons. The van der Waals surface area contributed by atoms with Crippen LogP contribution >= 0.6 is 11.6 Å². The zero-order chi connectivity index (χ0) is 13.0. The molecular weight excluding hydrogens is 252 g/mol. The number of nitrogens with zero attached hydrogens (tertiary/aromatic N) is 1. The van der Waals surface area contributed by atoms with Gasteiger partial charge in [-0.15, -0.1) is 0 Å². The number of benzene rings is 1. The predicted octanol–water partition coefficient (Wildman–Crippen LogP) is 1.40. The molecule has 0 aliphatic carbocycles. The van der Waals surface area contributed by atoms with E-state index in [2.05, 4.69) is 5.32 Å². The molecule has 1 aliphatic rings. The normalized spacial score (nSPS) is 19.9. The summed E-state index contributed by atoms with van der Waals surface area (Å²) < 4.78 is 5.58. The van der Waals surface area contributed by atoms with Gasteiger partial charge in [0.05, 0.1) is 12.7 Å². The van der Waals surface area contributed by atoms with E-state index in [1.54, 1.807) is 24.3 Å². The highest BCUT2D eigenvalue weighted by Gasteiger charge is 2.24. The van der Waals surface area contributed by atoms with E-state index in [9.17, 15) is 4.79 Å². The first-order valence-electron chi connectivity index (χ1n) is 6.01. The summed E-state index contributed by atoms with van der Waals surface area (Å²) in [6.07, 6.45) is 0.0619. The lowest BCUT2D eigenvalue weighted by Gasteiger charge is -2.33. The van der Waals surface area contributed by atoms with Gasteiger partial charge < -0.3 is 15.0 Å². The maximum atomic E-state index is 12.3. The number of ether oxygens (including phenoxy) is 1. The lowest BCUT2D eigenvalue weighted by Crippen LogP contribution is -2.48. The number of nitrogens with one attached hydrogen (secondary N) is 1. The molecule has 0 spiro atoms. The van der Waals surface area contributed by atoms with Crippen molar-refractivity contribution in [2.45, 2.75) is 6.10 Å². The van der Waals surface area contributed by atoms with Gasteiger partial charge in [0.25, 0.3) is 5.91 Å². The zero-order valence-corrected chi connectivity index (χ0v) is 11.1. The molecule has 2 rings (SSSR count). The third kappa shape index (κ3) is 3.22. The van der Waals surface area contributed by atoms with Gasteiger partial charge in [-0.3, -0.25) is 4.79 Å². The van der Waals surface area contributed by atoms with E-state index >= 15 is 0 Å². The van der Waals surface area contributed by atoms with Crippen LogP contribution < -0.4 is 5.32 Å². The summed E-state index contributed by atoms with van der Waals surface area (Å²) in [5.74, 6) is 0.0157. The number of rotatable bonds is 3. The van der Waals surface area contributed by atoms with Gasteiger partial charge in [0.15, 0.2) is 0 Å². The van der Waals surface area contributed by atoms with E-state index in [4.69, 9.17) is 16.3 Å². The second kappa shape index (κ2) is 6.18. The van der Waals surface area contributed by atoms with Gasteiger partial charge in [-0.2, -0.15) is 0 Å². The Morgan fingerprint density at radius 1 is 1.61 bits per heavy atom. The SMILES string of the molecule is CNCC1CN(C(=O)c2cccc(Cl)c2)CCO1. The first-order valence-corrected chi connectivity index (χ1v) is 6.39. The molecule has 0 bridgehead atoms. The summed E-state index contributed by atoms with van der Waals surface area (Å²) in [5.41, 5.74) is 0.632. The number of hydrogen-bond donors (Lipinski definition) is 1. The van der Waals surface area contributed by atoms with Crippen molar-refractivity contribution in [2.24, 2.45) is 0 Å². The van der Waals surface area contributed by atoms with Crippen LogP contribution in [0.5, 0.6) is 0 Å². The molecule has 1 saturated heterocycles. The molecule has 1 unspecified atom stereocenters. The molecule has 18 heavy (non-hydrogen) atoms. The molecule has 1 fully saturated rings. The predicted molar refractivity (Wildman–Crippen MR) is 71.0 cm³/mol. The average molecular weight is 269 g/mol. The number of morpholine rings is 1. The maximum Gasteiger partial charge on any atom is 0.254 e. The van der Waals surface area contributed by atoms with Crippen molar-refractivity contribution in [3.63, 3.8) is 0 Å². The minimum Gasteiger partial charge on any atom is -0.373 e. The van der Waals surface area contributed by atoms with Gasteiger partial charge in [-0.05, 0) is 25.2 Å². The van der Waals surface area contributed by atoms with Crippen molar-refractivity contribution in [1.82, 2.24) is 10.2 Å². The zero-order valence-electron chi connectivity index (χ0n) is 10.4. The Hall–Kier alpha value is -1.10. The van der Waals surface area contributed by atoms with Crippen molar-refractivity contribution < 1.29 is 9.53 Å². The van der Waals surface area contributed by atoms with Crippen LogP contribution in [0, 0.1) is 0 Å². The van der Waals surface area contributed by atoms with Crippen LogP contribution in [-0.2, 0) is 4.74 Å². The summed E-state index contributed by atoms with van der Waals surface area (Å²) in [4.78, 5) is 14.1. The van der Waals surface area contributed by atoms with Crippen LogP contribution in [0.4, 0.5) is 0 Å².